The predicted octanol–water partition coefficient (Wildman–Crippen LogP) is 2.39. The number of nitrogens with zero attached hydrogens (tertiary/aromatic N) is 4. The Morgan fingerprint density at radius 2 is 1.65 bits per heavy atom. The Morgan fingerprint density at radius 1 is 0.903 bits per heavy atom. The number of piperazine rings is 1. The first-order valence-electron chi connectivity index (χ1n) is 10.9. The molecule has 3 heterocycles. The molecule has 8 nitrogen and oxygen atoms in total. The smallest absolute Gasteiger partial charge is 0.274 e. The van der Waals surface area contributed by atoms with Gasteiger partial charge in [-0.15, -0.1) is 0 Å². The molecule has 3 aliphatic rings. The molecule has 0 bridgehead atoms. The van der Waals surface area contributed by atoms with Crippen LogP contribution in [0.15, 0.2) is 36.8 Å². The van der Waals surface area contributed by atoms with Crippen molar-refractivity contribution < 1.29 is 19.1 Å². The van der Waals surface area contributed by atoms with E-state index < -0.39 is 5.41 Å². The minimum absolute atomic E-state index is 0.136. The number of aromatic nitrogens is 2. The van der Waals surface area contributed by atoms with Crippen LogP contribution < -0.4 is 9.47 Å². The Bertz CT molecular complexity index is 967. The molecule has 0 N–H and O–H groups in total. The number of hydrogen-bond acceptors (Lipinski definition) is 6. The van der Waals surface area contributed by atoms with Gasteiger partial charge in [0.2, 0.25) is 12.7 Å². The number of ether oxygens (including phenoxy) is 2. The van der Waals surface area contributed by atoms with E-state index in [-0.39, 0.29) is 18.6 Å². The Balaban J connectivity index is 1.33. The van der Waals surface area contributed by atoms with E-state index in [9.17, 15) is 9.59 Å². The minimum Gasteiger partial charge on any atom is -0.454 e. The minimum atomic E-state index is -0.531. The fourth-order valence-electron chi connectivity index (χ4n) is 4.96. The second kappa shape index (κ2) is 8.17. The molecule has 0 spiro atoms. The van der Waals surface area contributed by atoms with Crippen LogP contribution in [0.5, 0.6) is 11.5 Å². The van der Waals surface area contributed by atoms with Crippen LogP contribution in [-0.4, -0.2) is 64.6 Å². The van der Waals surface area contributed by atoms with Crippen LogP contribution in [-0.2, 0) is 10.2 Å². The van der Waals surface area contributed by atoms with Crippen LogP contribution >= 0.6 is 0 Å². The molecule has 2 amide bonds. The van der Waals surface area contributed by atoms with E-state index in [1.807, 2.05) is 23.1 Å². The first-order chi connectivity index (χ1) is 15.2. The van der Waals surface area contributed by atoms with Crippen molar-refractivity contribution in [3.63, 3.8) is 0 Å². The standard InChI is InChI=1S/C23H26N4O4/c28-21(18-15-24-8-9-25-18)26-10-12-27(13-11-26)22(29)23(6-2-1-3-7-23)17-4-5-19-20(14-17)31-16-30-19/h4-5,8-9,14-15H,1-3,6-7,10-13,16H2. The van der Waals surface area contributed by atoms with E-state index in [2.05, 4.69) is 9.97 Å². The molecular formula is C23H26N4O4. The van der Waals surface area contributed by atoms with Gasteiger partial charge in [0.1, 0.15) is 5.69 Å². The summed E-state index contributed by atoms with van der Waals surface area (Å²) in [6.07, 6.45) is 9.44. The average molecular weight is 422 g/mol. The highest BCUT2D eigenvalue weighted by Crippen LogP contribution is 2.44. The molecule has 162 valence electrons. The molecule has 0 atom stereocenters. The van der Waals surface area contributed by atoms with Gasteiger partial charge in [0.15, 0.2) is 11.5 Å². The lowest BCUT2D eigenvalue weighted by Gasteiger charge is -2.43. The van der Waals surface area contributed by atoms with Crippen LogP contribution in [0.3, 0.4) is 0 Å². The number of hydrogen-bond donors (Lipinski definition) is 0. The van der Waals surface area contributed by atoms with Crippen molar-refractivity contribution in [1.29, 1.82) is 0 Å². The molecule has 1 aromatic carbocycles. The summed E-state index contributed by atoms with van der Waals surface area (Å²) in [4.78, 5) is 38.3. The highest BCUT2D eigenvalue weighted by molar-refractivity contribution is 5.92. The van der Waals surface area contributed by atoms with Crippen LogP contribution in [0.1, 0.15) is 48.2 Å². The zero-order valence-corrected chi connectivity index (χ0v) is 17.5. The maximum absolute atomic E-state index is 13.9. The van der Waals surface area contributed by atoms with Gasteiger partial charge in [-0.3, -0.25) is 14.6 Å². The zero-order chi connectivity index (χ0) is 21.3. The highest BCUT2D eigenvalue weighted by Gasteiger charge is 2.44. The third-order valence-corrected chi connectivity index (χ3v) is 6.68. The molecule has 2 aromatic rings. The molecule has 8 heteroatoms. The van der Waals surface area contributed by atoms with Crippen molar-refractivity contribution in [3.8, 4) is 11.5 Å². The van der Waals surface area contributed by atoms with Gasteiger partial charge in [-0.1, -0.05) is 25.3 Å². The van der Waals surface area contributed by atoms with E-state index in [0.717, 1.165) is 49.2 Å². The summed E-state index contributed by atoms with van der Waals surface area (Å²) in [5, 5.41) is 0. The largest absolute Gasteiger partial charge is 0.454 e. The van der Waals surface area contributed by atoms with Crippen molar-refractivity contribution in [3.05, 3.63) is 48.0 Å². The van der Waals surface area contributed by atoms with Crippen LogP contribution in [0.25, 0.3) is 0 Å². The summed E-state index contributed by atoms with van der Waals surface area (Å²) in [5.74, 6) is 1.48. The van der Waals surface area contributed by atoms with Crippen molar-refractivity contribution in [2.45, 2.75) is 37.5 Å². The number of carbonyl (C=O) groups is 2. The molecule has 2 fully saturated rings. The lowest BCUT2D eigenvalue weighted by molar-refractivity contribution is -0.140. The van der Waals surface area contributed by atoms with Crippen LogP contribution in [0.2, 0.25) is 0 Å². The average Bonchev–Trinajstić information content (AvgIpc) is 3.32. The summed E-state index contributed by atoms with van der Waals surface area (Å²) in [7, 11) is 0. The predicted molar refractivity (Wildman–Crippen MR) is 112 cm³/mol. The third kappa shape index (κ3) is 3.60. The van der Waals surface area contributed by atoms with Gasteiger partial charge >= 0.3 is 0 Å². The third-order valence-electron chi connectivity index (χ3n) is 6.68. The SMILES string of the molecule is O=C(c1cnccn1)N1CCN(C(=O)C2(c3ccc4c(c3)OCO4)CCCCC2)CC1. The monoisotopic (exact) mass is 422 g/mol. The summed E-state index contributed by atoms with van der Waals surface area (Å²) in [6.45, 7) is 2.27. The van der Waals surface area contributed by atoms with E-state index in [0.29, 0.717) is 31.9 Å². The number of amides is 2. The van der Waals surface area contributed by atoms with Crippen molar-refractivity contribution in [1.82, 2.24) is 19.8 Å². The number of carbonyl (C=O) groups excluding carboxylic acids is 2. The van der Waals surface area contributed by atoms with E-state index in [1.165, 1.54) is 12.4 Å². The first-order valence-corrected chi connectivity index (χ1v) is 10.9. The van der Waals surface area contributed by atoms with Crippen LogP contribution in [0.4, 0.5) is 0 Å². The number of rotatable bonds is 3. The van der Waals surface area contributed by atoms with E-state index in [1.54, 1.807) is 11.1 Å². The molecule has 31 heavy (non-hydrogen) atoms. The van der Waals surface area contributed by atoms with Gasteiger partial charge in [0, 0.05) is 38.6 Å². The maximum atomic E-state index is 13.9. The molecule has 1 saturated heterocycles. The maximum Gasteiger partial charge on any atom is 0.274 e. The number of fused-ring (bicyclic) bond motifs is 1. The van der Waals surface area contributed by atoms with Crippen LogP contribution in [0, 0.1) is 0 Å². The molecular weight excluding hydrogens is 396 g/mol. The van der Waals surface area contributed by atoms with E-state index in [4.69, 9.17) is 9.47 Å². The summed E-state index contributed by atoms with van der Waals surface area (Å²) in [5.41, 5.74) is 0.821. The van der Waals surface area contributed by atoms with Gasteiger partial charge < -0.3 is 19.3 Å². The lowest BCUT2D eigenvalue weighted by Crippen LogP contribution is -2.56. The molecule has 1 aliphatic carbocycles. The Morgan fingerprint density at radius 3 is 2.39 bits per heavy atom. The van der Waals surface area contributed by atoms with E-state index >= 15 is 0 Å². The molecule has 0 radical (unpaired) electrons. The van der Waals surface area contributed by atoms with Gasteiger partial charge in [0.05, 0.1) is 11.6 Å². The topological polar surface area (TPSA) is 84.9 Å². The molecule has 5 rings (SSSR count). The second-order valence-electron chi connectivity index (χ2n) is 8.39. The fraction of sp³-hybridized carbons (Fsp3) is 0.478. The highest BCUT2D eigenvalue weighted by atomic mass is 16.7. The first kappa shape index (κ1) is 19.8. The summed E-state index contributed by atoms with van der Waals surface area (Å²) >= 11 is 0. The normalized spacial score (nSPS) is 19.9. The quantitative estimate of drug-likeness (QED) is 0.755. The molecule has 1 aromatic heterocycles. The van der Waals surface area contributed by atoms with Crippen molar-refractivity contribution >= 4 is 11.8 Å². The Kier molecular flexibility index (Phi) is 5.21. The van der Waals surface area contributed by atoms with Gasteiger partial charge in [0.25, 0.3) is 5.91 Å². The molecule has 2 aliphatic heterocycles. The number of benzene rings is 1. The summed E-state index contributed by atoms with van der Waals surface area (Å²) in [6, 6.07) is 5.92. The Labute approximate surface area is 181 Å². The van der Waals surface area contributed by atoms with Crippen molar-refractivity contribution in [2.24, 2.45) is 0 Å². The second-order valence-corrected chi connectivity index (χ2v) is 8.39. The van der Waals surface area contributed by atoms with Gasteiger partial charge in [-0.2, -0.15) is 0 Å². The lowest BCUT2D eigenvalue weighted by atomic mass is 9.68. The van der Waals surface area contributed by atoms with Gasteiger partial charge in [-0.05, 0) is 30.5 Å². The molecule has 0 unspecified atom stereocenters. The molecule has 1 saturated carbocycles. The zero-order valence-electron chi connectivity index (χ0n) is 17.5. The van der Waals surface area contributed by atoms with Gasteiger partial charge in [-0.25, -0.2) is 4.98 Å². The Hall–Kier alpha value is -3.16. The van der Waals surface area contributed by atoms with Crippen molar-refractivity contribution in [2.75, 3.05) is 33.0 Å². The fourth-order valence-corrected chi connectivity index (χ4v) is 4.96. The summed E-state index contributed by atoms with van der Waals surface area (Å²) < 4.78 is 11.0.